The van der Waals surface area contributed by atoms with Gasteiger partial charge in [0.25, 0.3) is 0 Å². The van der Waals surface area contributed by atoms with Gasteiger partial charge in [-0.25, -0.2) is 0 Å². The predicted octanol–water partition coefficient (Wildman–Crippen LogP) is 2.74. The highest BCUT2D eigenvalue weighted by Crippen LogP contribution is 2.25. The van der Waals surface area contributed by atoms with E-state index in [1.807, 2.05) is 19.2 Å². The van der Waals surface area contributed by atoms with E-state index in [-0.39, 0.29) is 0 Å². The van der Waals surface area contributed by atoms with Crippen molar-refractivity contribution in [1.29, 1.82) is 0 Å². The molecule has 0 atom stereocenters. The number of anilines is 1. The van der Waals surface area contributed by atoms with E-state index >= 15 is 0 Å². The second-order valence-corrected chi connectivity index (χ2v) is 4.40. The van der Waals surface area contributed by atoms with Crippen LogP contribution in [0.1, 0.15) is 5.56 Å². The van der Waals surface area contributed by atoms with Crippen molar-refractivity contribution in [2.24, 2.45) is 7.05 Å². The quantitative estimate of drug-likeness (QED) is 0.862. The molecule has 2 N–H and O–H groups in total. The monoisotopic (exact) mass is 265 g/mol. The molecule has 78 valence electrons. The molecule has 0 radical (unpaired) electrons. The first-order valence-electron chi connectivity index (χ1n) is 4.64. The van der Waals surface area contributed by atoms with Crippen LogP contribution in [0.5, 0.6) is 0 Å². The Hall–Kier alpha value is -1.29. The number of benzene rings is 1. The van der Waals surface area contributed by atoms with Crippen molar-refractivity contribution < 1.29 is 0 Å². The van der Waals surface area contributed by atoms with Crippen molar-refractivity contribution in [3.8, 4) is 11.3 Å². The van der Waals surface area contributed by atoms with Crippen LogP contribution in [0.15, 0.2) is 28.7 Å². The molecule has 15 heavy (non-hydrogen) atoms. The fourth-order valence-electron chi connectivity index (χ4n) is 1.37. The van der Waals surface area contributed by atoms with E-state index in [0.29, 0.717) is 5.82 Å². The zero-order chi connectivity index (χ0) is 11.0. The fraction of sp³-hybridized carbons (Fsp3) is 0.182. The zero-order valence-corrected chi connectivity index (χ0v) is 10.2. The molecule has 0 bridgehead atoms. The Kier molecular flexibility index (Phi) is 2.52. The molecular formula is C11H12BrN3. The summed E-state index contributed by atoms with van der Waals surface area (Å²) in [5.74, 6) is 0.668. The summed E-state index contributed by atoms with van der Waals surface area (Å²) in [4.78, 5) is 0. The van der Waals surface area contributed by atoms with Crippen molar-refractivity contribution in [2.45, 2.75) is 6.92 Å². The lowest BCUT2D eigenvalue weighted by atomic mass is 10.1. The van der Waals surface area contributed by atoms with Crippen molar-refractivity contribution in [3.05, 3.63) is 34.3 Å². The third kappa shape index (κ3) is 1.90. The Morgan fingerprint density at radius 1 is 1.33 bits per heavy atom. The van der Waals surface area contributed by atoms with Gasteiger partial charge in [-0.05, 0) is 18.6 Å². The molecule has 4 heteroatoms. The molecule has 0 aliphatic carbocycles. The third-order valence-corrected chi connectivity index (χ3v) is 3.24. The van der Waals surface area contributed by atoms with Gasteiger partial charge in [-0.2, -0.15) is 5.10 Å². The van der Waals surface area contributed by atoms with Gasteiger partial charge in [0.15, 0.2) is 0 Å². The van der Waals surface area contributed by atoms with Gasteiger partial charge in [0.2, 0.25) is 0 Å². The largest absolute Gasteiger partial charge is 0.384 e. The van der Waals surface area contributed by atoms with Crippen molar-refractivity contribution in [3.63, 3.8) is 0 Å². The van der Waals surface area contributed by atoms with E-state index in [4.69, 9.17) is 5.73 Å². The first-order chi connectivity index (χ1) is 7.08. The lowest BCUT2D eigenvalue weighted by Gasteiger charge is -2.00. The minimum absolute atomic E-state index is 0.668. The van der Waals surface area contributed by atoms with E-state index in [1.54, 1.807) is 4.68 Å². The summed E-state index contributed by atoms with van der Waals surface area (Å²) < 4.78 is 2.76. The second-order valence-electron chi connectivity index (χ2n) is 3.54. The van der Waals surface area contributed by atoms with Gasteiger partial charge in [-0.3, -0.25) is 4.68 Å². The molecule has 0 spiro atoms. The first kappa shape index (κ1) is 10.2. The van der Waals surface area contributed by atoms with Crippen LogP contribution in [0.4, 0.5) is 5.82 Å². The number of nitrogens with zero attached hydrogens (tertiary/aromatic N) is 2. The lowest BCUT2D eigenvalue weighted by molar-refractivity contribution is 0.782. The summed E-state index contributed by atoms with van der Waals surface area (Å²) in [5.41, 5.74) is 8.91. The molecule has 2 aromatic rings. The van der Waals surface area contributed by atoms with E-state index in [1.165, 1.54) is 5.56 Å². The minimum Gasteiger partial charge on any atom is -0.384 e. The SMILES string of the molecule is Cc1ccc(-c2cc(N)n(C)n2)cc1Br. The number of nitrogens with two attached hydrogens (primary N) is 1. The van der Waals surface area contributed by atoms with E-state index in [2.05, 4.69) is 40.1 Å². The molecule has 0 unspecified atom stereocenters. The van der Waals surface area contributed by atoms with Crippen molar-refractivity contribution in [2.75, 3.05) is 5.73 Å². The predicted molar refractivity (Wildman–Crippen MR) is 65.5 cm³/mol. The molecule has 2 rings (SSSR count). The van der Waals surface area contributed by atoms with Gasteiger partial charge in [-0.15, -0.1) is 0 Å². The van der Waals surface area contributed by atoms with Gasteiger partial charge in [0, 0.05) is 23.2 Å². The minimum atomic E-state index is 0.668. The molecule has 1 aromatic carbocycles. The molecule has 0 amide bonds. The van der Waals surface area contributed by atoms with Gasteiger partial charge < -0.3 is 5.73 Å². The highest BCUT2D eigenvalue weighted by molar-refractivity contribution is 9.10. The summed E-state index contributed by atoms with van der Waals surface area (Å²) in [6, 6.07) is 8.03. The van der Waals surface area contributed by atoms with Crippen LogP contribution in [0.2, 0.25) is 0 Å². The maximum Gasteiger partial charge on any atom is 0.121 e. The van der Waals surface area contributed by atoms with Crippen molar-refractivity contribution in [1.82, 2.24) is 9.78 Å². The highest BCUT2D eigenvalue weighted by Gasteiger charge is 2.05. The number of hydrogen-bond donors (Lipinski definition) is 1. The van der Waals surface area contributed by atoms with Crippen LogP contribution in [0, 0.1) is 6.92 Å². The van der Waals surface area contributed by atoms with Crippen LogP contribution in [0.25, 0.3) is 11.3 Å². The summed E-state index contributed by atoms with van der Waals surface area (Å²) in [6.45, 7) is 2.06. The lowest BCUT2D eigenvalue weighted by Crippen LogP contribution is -1.96. The van der Waals surface area contributed by atoms with Crippen LogP contribution >= 0.6 is 15.9 Å². The Morgan fingerprint density at radius 2 is 2.07 bits per heavy atom. The van der Waals surface area contributed by atoms with Crippen molar-refractivity contribution >= 4 is 21.7 Å². The first-order valence-corrected chi connectivity index (χ1v) is 5.43. The van der Waals surface area contributed by atoms with Crippen LogP contribution in [-0.4, -0.2) is 9.78 Å². The molecule has 0 saturated heterocycles. The number of aryl methyl sites for hydroxylation is 2. The van der Waals surface area contributed by atoms with Gasteiger partial charge in [-0.1, -0.05) is 28.1 Å². The van der Waals surface area contributed by atoms with E-state index in [9.17, 15) is 0 Å². The molecule has 1 aromatic heterocycles. The zero-order valence-electron chi connectivity index (χ0n) is 8.66. The standard InChI is InChI=1S/C11H12BrN3/c1-7-3-4-8(5-9(7)12)10-6-11(13)15(2)14-10/h3-6H,13H2,1-2H3. The molecular weight excluding hydrogens is 254 g/mol. The van der Waals surface area contributed by atoms with Gasteiger partial charge in [0.1, 0.15) is 5.82 Å². The molecule has 0 saturated carbocycles. The topological polar surface area (TPSA) is 43.8 Å². The number of nitrogen functional groups attached to an aromatic ring is 1. The molecule has 0 aliphatic rings. The van der Waals surface area contributed by atoms with E-state index in [0.717, 1.165) is 15.7 Å². The van der Waals surface area contributed by atoms with Gasteiger partial charge in [0.05, 0.1) is 5.69 Å². The number of halogens is 1. The average Bonchev–Trinajstić information content (AvgIpc) is 2.52. The Morgan fingerprint density at radius 3 is 2.60 bits per heavy atom. The summed E-state index contributed by atoms with van der Waals surface area (Å²) in [7, 11) is 1.84. The Balaban J connectivity index is 2.49. The molecule has 0 aliphatic heterocycles. The maximum atomic E-state index is 5.73. The summed E-state index contributed by atoms with van der Waals surface area (Å²) >= 11 is 3.50. The number of hydrogen-bond acceptors (Lipinski definition) is 2. The number of aromatic nitrogens is 2. The fourth-order valence-corrected chi connectivity index (χ4v) is 1.75. The highest BCUT2D eigenvalue weighted by atomic mass is 79.9. The Labute approximate surface area is 97.0 Å². The van der Waals surface area contributed by atoms with Gasteiger partial charge >= 0.3 is 0 Å². The maximum absolute atomic E-state index is 5.73. The van der Waals surface area contributed by atoms with Crippen LogP contribution < -0.4 is 5.73 Å². The van der Waals surface area contributed by atoms with E-state index < -0.39 is 0 Å². The molecule has 3 nitrogen and oxygen atoms in total. The summed E-state index contributed by atoms with van der Waals surface area (Å²) in [6.07, 6.45) is 0. The second kappa shape index (κ2) is 3.70. The Bertz CT molecular complexity index is 483. The van der Waals surface area contributed by atoms with Crippen LogP contribution in [-0.2, 0) is 7.05 Å². The molecule has 1 heterocycles. The van der Waals surface area contributed by atoms with Crippen LogP contribution in [0.3, 0.4) is 0 Å². The normalized spacial score (nSPS) is 10.6. The molecule has 0 fully saturated rings. The average molecular weight is 266 g/mol. The summed E-state index contributed by atoms with van der Waals surface area (Å²) in [5, 5.41) is 4.32. The third-order valence-electron chi connectivity index (χ3n) is 2.38. The smallest absolute Gasteiger partial charge is 0.121 e. The number of rotatable bonds is 1.